The maximum absolute atomic E-state index is 12.9. The van der Waals surface area contributed by atoms with Crippen LogP contribution >= 0.6 is 11.6 Å². The van der Waals surface area contributed by atoms with Crippen LogP contribution in [0.4, 0.5) is 18.9 Å². The number of carbonyl (C=O) groups excluding carboxylic acids is 1. The Hall–Kier alpha value is -2.21. The molecule has 1 amide bonds. The smallest absolute Gasteiger partial charge is 0.417 e. The van der Waals surface area contributed by atoms with E-state index in [0.29, 0.717) is 19.3 Å². The minimum absolute atomic E-state index is 0.0587. The summed E-state index contributed by atoms with van der Waals surface area (Å²) in [4.78, 5) is 12.4. The van der Waals surface area contributed by atoms with Crippen LogP contribution in [0.25, 0.3) is 0 Å². The number of aromatic hydroxyl groups is 1. The molecule has 132 valence electrons. The van der Waals surface area contributed by atoms with E-state index in [1.165, 1.54) is 6.07 Å². The van der Waals surface area contributed by atoms with Gasteiger partial charge in [-0.3, -0.25) is 4.79 Å². The summed E-state index contributed by atoms with van der Waals surface area (Å²) in [7, 11) is 0. The third kappa shape index (κ3) is 3.90. The second kappa shape index (κ2) is 6.59. The zero-order valence-corrected chi connectivity index (χ0v) is 13.8. The van der Waals surface area contributed by atoms with Crippen LogP contribution in [0.15, 0.2) is 36.4 Å². The number of fused-ring (bicyclic) bond motifs is 1. The van der Waals surface area contributed by atoms with Gasteiger partial charge in [-0.2, -0.15) is 13.2 Å². The van der Waals surface area contributed by atoms with Crippen LogP contribution in [0.3, 0.4) is 0 Å². The van der Waals surface area contributed by atoms with Gasteiger partial charge in [-0.1, -0.05) is 17.7 Å². The number of aryl methyl sites for hydroxylation is 1. The van der Waals surface area contributed by atoms with E-state index in [0.717, 1.165) is 23.3 Å². The molecule has 1 aliphatic carbocycles. The Morgan fingerprint density at radius 2 is 1.92 bits per heavy atom. The van der Waals surface area contributed by atoms with Crippen LogP contribution < -0.4 is 5.32 Å². The first kappa shape index (κ1) is 17.6. The molecule has 0 aliphatic heterocycles. The second-order valence-electron chi connectivity index (χ2n) is 6.07. The van der Waals surface area contributed by atoms with Gasteiger partial charge in [-0.05, 0) is 60.7 Å². The summed E-state index contributed by atoms with van der Waals surface area (Å²) in [5.41, 5.74) is 1.04. The molecule has 0 saturated carbocycles. The fourth-order valence-corrected chi connectivity index (χ4v) is 3.26. The van der Waals surface area contributed by atoms with Gasteiger partial charge in [0.2, 0.25) is 5.91 Å². The van der Waals surface area contributed by atoms with E-state index in [4.69, 9.17) is 11.6 Å². The summed E-state index contributed by atoms with van der Waals surface area (Å²) in [5, 5.41) is 11.7. The third-order valence-corrected chi connectivity index (χ3v) is 4.66. The average molecular weight is 370 g/mol. The summed E-state index contributed by atoms with van der Waals surface area (Å²) in [5.74, 6) is -0.573. The summed E-state index contributed by atoms with van der Waals surface area (Å²) >= 11 is 5.58. The number of carbonyl (C=O) groups is 1. The van der Waals surface area contributed by atoms with E-state index in [-0.39, 0.29) is 23.3 Å². The number of hydrogen-bond donors (Lipinski definition) is 2. The lowest BCUT2D eigenvalue weighted by atomic mass is 9.83. The number of phenols is 1. The first-order valence-electron chi connectivity index (χ1n) is 7.72. The highest BCUT2D eigenvalue weighted by Crippen LogP contribution is 2.36. The topological polar surface area (TPSA) is 49.3 Å². The summed E-state index contributed by atoms with van der Waals surface area (Å²) < 4.78 is 38.7. The first-order chi connectivity index (χ1) is 11.7. The fraction of sp³-hybridized carbons (Fsp3) is 0.278. The van der Waals surface area contributed by atoms with Gasteiger partial charge in [-0.25, -0.2) is 0 Å². The molecule has 0 saturated heterocycles. The van der Waals surface area contributed by atoms with E-state index in [1.54, 1.807) is 12.1 Å². The van der Waals surface area contributed by atoms with Crippen LogP contribution in [-0.2, 0) is 23.8 Å². The molecule has 1 unspecified atom stereocenters. The molecular weight excluding hydrogens is 355 g/mol. The lowest BCUT2D eigenvalue weighted by Gasteiger charge is -2.24. The van der Waals surface area contributed by atoms with Crippen molar-refractivity contribution in [3.63, 3.8) is 0 Å². The number of halogens is 4. The number of rotatable bonds is 2. The van der Waals surface area contributed by atoms with Crippen LogP contribution in [0.5, 0.6) is 5.75 Å². The number of anilines is 1. The highest BCUT2D eigenvalue weighted by atomic mass is 35.5. The molecule has 3 rings (SSSR count). The van der Waals surface area contributed by atoms with E-state index >= 15 is 0 Å². The van der Waals surface area contributed by atoms with Gasteiger partial charge in [0.15, 0.2) is 0 Å². The molecule has 0 spiro atoms. The Labute approximate surface area is 147 Å². The number of nitrogens with one attached hydrogen (secondary N) is 1. The molecule has 0 aromatic heterocycles. The highest BCUT2D eigenvalue weighted by Gasteiger charge is 2.33. The molecule has 1 atom stereocenters. The number of benzene rings is 2. The first-order valence-corrected chi connectivity index (χ1v) is 8.10. The summed E-state index contributed by atoms with van der Waals surface area (Å²) in [6.45, 7) is 0. The molecule has 1 aliphatic rings. The van der Waals surface area contributed by atoms with Crippen molar-refractivity contribution in [1.29, 1.82) is 0 Å². The summed E-state index contributed by atoms with van der Waals surface area (Å²) in [6, 6.07) is 8.35. The van der Waals surface area contributed by atoms with E-state index in [1.807, 2.05) is 6.07 Å². The largest absolute Gasteiger partial charge is 0.508 e. The zero-order valence-electron chi connectivity index (χ0n) is 13.0. The molecule has 2 aromatic carbocycles. The van der Waals surface area contributed by atoms with Crippen molar-refractivity contribution < 1.29 is 23.1 Å². The average Bonchev–Trinajstić information content (AvgIpc) is 2.54. The minimum atomic E-state index is -4.58. The maximum atomic E-state index is 12.9. The molecule has 3 nitrogen and oxygen atoms in total. The normalized spacial score (nSPS) is 17.0. The van der Waals surface area contributed by atoms with Crippen molar-refractivity contribution in [2.75, 3.05) is 5.32 Å². The van der Waals surface area contributed by atoms with Crippen molar-refractivity contribution in [3.8, 4) is 5.75 Å². The predicted molar refractivity (Wildman–Crippen MR) is 88.7 cm³/mol. The van der Waals surface area contributed by atoms with E-state index < -0.39 is 16.8 Å². The summed E-state index contributed by atoms with van der Waals surface area (Å²) in [6.07, 6.45) is -2.86. The van der Waals surface area contributed by atoms with Gasteiger partial charge in [0.05, 0.1) is 10.6 Å². The molecule has 2 N–H and O–H groups in total. The monoisotopic (exact) mass is 369 g/mol. The van der Waals surface area contributed by atoms with Crippen molar-refractivity contribution in [2.45, 2.75) is 25.4 Å². The molecule has 0 radical (unpaired) electrons. The minimum Gasteiger partial charge on any atom is -0.508 e. The Balaban J connectivity index is 1.75. The predicted octanol–water partition coefficient (Wildman–Crippen LogP) is 4.81. The molecule has 7 heteroatoms. The number of phenolic OH excluding ortho intramolecular Hbond substituents is 1. The maximum Gasteiger partial charge on any atom is 0.417 e. The Morgan fingerprint density at radius 3 is 2.64 bits per heavy atom. The fourth-order valence-electron chi connectivity index (χ4n) is 3.03. The van der Waals surface area contributed by atoms with Gasteiger partial charge < -0.3 is 10.4 Å². The van der Waals surface area contributed by atoms with Gasteiger partial charge >= 0.3 is 6.18 Å². The van der Waals surface area contributed by atoms with Gasteiger partial charge in [0, 0.05) is 11.6 Å². The van der Waals surface area contributed by atoms with Crippen LogP contribution in [0, 0.1) is 5.92 Å². The van der Waals surface area contributed by atoms with Crippen LogP contribution in [-0.4, -0.2) is 11.0 Å². The molecule has 25 heavy (non-hydrogen) atoms. The lowest BCUT2D eigenvalue weighted by Crippen LogP contribution is -2.28. The van der Waals surface area contributed by atoms with Crippen molar-refractivity contribution in [2.24, 2.45) is 5.92 Å². The Bertz CT molecular complexity index is 820. The quantitative estimate of drug-likeness (QED) is 0.798. The Kier molecular flexibility index (Phi) is 4.64. The van der Waals surface area contributed by atoms with Crippen molar-refractivity contribution >= 4 is 23.2 Å². The third-order valence-electron chi connectivity index (χ3n) is 4.33. The van der Waals surface area contributed by atoms with Gasteiger partial charge in [-0.15, -0.1) is 0 Å². The van der Waals surface area contributed by atoms with Crippen molar-refractivity contribution in [1.82, 2.24) is 0 Å². The molecule has 0 fully saturated rings. The van der Waals surface area contributed by atoms with Crippen LogP contribution in [0.1, 0.15) is 23.1 Å². The Morgan fingerprint density at radius 1 is 1.16 bits per heavy atom. The molecule has 0 bridgehead atoms. The van der Waals surface area contributed by atoms with Gasteiger partial charge in [0.1, 0.15) is 5.75 Å². The molecule has 2 aromatic rings. The molecule has 0 heterocycles. The van der Waals surface area contributed by atoms with Crippen LogP contribution in [0.2, 0.25) is 5.02 Å². The number of alkyl halides is 3. The van der Waals surface area contributed by atoms with E-state index in [2.05, 4.69) is 5.32 Å². The second-order valence-corrected chi connectivity index (χ2v) is 6.48. The van der Waals surface area contributed by atoms with Crippen molar-refractivity contribution in [3.05, 3.63) is 58.1 Å². The van der Waals surface area contributed by atoms with Gasteiger partial charge in [0.25, 0.3) is 0 Å². The molecular formula is C18H15ClF3NO2. The lowest BCUT2D eigenvalue weighted by molar-refractivity contribution is -0.137. The zero-order chi connectivity index (χ0) is 18.2. The standard InChI is InChI=1S/C18H15ClF3NO2/c19-16-6-4-13(9-15(16)18(20,21)22)23-17(25)11-2-1-10-3-5-14(24)8-12(10)7-11/h3-6,8-9,11,24H,1-2,7H2,(H,23,25). The number of amides is 1. The SMILES string of the molecule is O=C(Nc1ccc(Cl)c(C(F)(F)F)c1)C1CCc2ccc(O)cc2C1. The van der Waals surface area contributed by atoms with E-state index in [9.17, 15) is 23.1 Å². The highest BCUT2D eigenvalue weighted by molar-refractivity contribution is 6.31. The number of hydrogen-bond acceptors (Lipinski definition) is 2.